The Kier molecular flexibility index (Phi) is 9.60. The van der Waals surface area contributed by atoms with Gasteiger partial charge in [0.2, 0.25) is 0 Å². The number of rotatable bonds is 10. The first-order valence-electron chi connectivity index (χ1n) is 9.21. The van der Waals surface area contributed by atoms with Gasteiger partial charge in [0.1, 0.15) is 12.4 Å². The third-order valence-corrected chi connectivity index (χ3v) is 4.39. The molecule has 1 N–H and O–H groups in total. The monoisotopic (exact) mass is 383 g/mol. The molecule has 0 spiro atoms. The van der Waals surface area contributed by atoms with Crippen molar-refractivity contribution in [2.24, 2.45) is 10.9 Å². The summed E-state index contributed by atoms with van der Waals surface area (Å²) >= 11 is 5.87. The minimum atomic E-state index is 0.536. The number of hydrogen-bond donors (Lipinski definition) is 1. The van der Waals surface area contributed by atoms with E-state index in [1.54, 1.807) is 7.11 Å². The van der Waals surface area contributed by atoms with Crippen LogP contribution in [0.15, 0.2) is 29.3 Å². The summed E-state index contributed by atoms with van der Waals surface area (Å²) in [6, 6.07) is 7.38. The second kappa shape index (κ2) is 12.0. The van der Waals surface area contributed by atoms with Gasteiger partial charge < -0.3 is 24.4 Å². The summed E-state index contributed by atoms with van der Waals surface area (Å²) < 4.78 is 16.4. The number of guanidine groups is 1. The SMILES string of the molecule is CCNC(=NCCOc1ccc(Cl)cc1)N1CCC(COCCOC)C1. The lowest BCUT2D eigenvalue weighted by atomic mass is 10.1. The molecule has 0 saturated carbocycles. The highest BCUT2D eigenvalue weighted by molar-refractivity contribution is 6.30. The Morgan fingerprint density at radius 3 is 2.81 bits per heavy atom. The predicted molar refractivity (Wildman–Crippen MR) is 105 cm³/mol. The first-order valence-corrected chi connectivity index (χ1v) is 9.59. The molecule has 0 aromatic heterocycles. The molecular weight excluding hydrogens is 354 g/mol. The van der Waals surface area contributed by atoms with Gasteiger partial charge in [-0.1, -0.05) is 11.6 Å². The largest absolute Gasteiger partial charge is 0.492 e. The fourth-order valence-corrected chi connectivity index (χ4v) is 2.95. The number of ether oxygens (including phenoxy) is 3. The highest BCUT2D eigenvalue weighted by Crippen LogP contribution is 2.17. The van der Waals surface area contributed by atoms with Crippen molar-refractivity contribution in [3.63, 3.8) is 0 Å². The number of hydrogen-bond acceptors (Lipinski definition) is 4. The maximum Gasteiger partial charge on any atom is 0.194 e. The van der Waals surface area contributed by atoms with E-state index < -0.39 is 0 Å². The van der Waals surface area contributed by atoms with Gasteiger partial charge in [-0.25, -0.2) is 4.99 Å². The lowest BCUT2D eigenvalue weighted by molar-refractivity contribution is 0.0536. The molecule has 1 aromatic rings. The molecule has 0 aliphatic carbocycles. The molecule has 2 rings (SSSR count). The molecule has 7 heteroatoms. The first-order chi connectivity index (χ1) is 12.7. The predicted octanol–water partition coefficient (Wildman–Crippen LogP) is 2.67. The van der Waals surface area contributed by atoms with Crippen LogP contribution in [0.3, 0.4) is 0 Å². The van der Waals surface area contributed by atoms with E-state index in [0.717, 1.165) is 44.4 Å². The smallest absolute Gasteiger partial charge is 0.194 e. The van der Waals surface area contributed by atoms with Gasteiger partial charge in [0, 0.05) is 37.7 Å². The topological polar surface area (TPSA) is 55.3 Å². The average molecular weight is 384 g/mol. The van der Waals surface area contributed by atoms with Gasteiger partial charge in [0.05, 0.1) is 26.4 Å². The number of nitrogens with zero attached hydrogens (tertiary/aromatic N) is 2. The molecule has 146 valence electrons. The van der Waals surface area contributed by atoms with Crippen molar-refractivity contribution in [1.82, 2.24) is 10.2 Å². The molecule has 0 amide bonds. The quantitative estimate of drug-likeness (QED) is 0.382. The van der Waals surface area contributed by atoms with Crippen LogP contribution in [0.25, 0.3) is 0 Å². The Bertz CT molecular complexity index is 539. The second-order valence-corrected chi connectivity index (χ2v) is 6.64. The number of benzene rings is 1. The fraction of sp³-hybridized carbons (Fsp3) is 0.632. The molecule has 1 aliphatic heterocycles. The van der Waals surface area contributed by atoms with E-state index in [4.69, 9.17) is 30.8 Å². The summed E-state index contributed by atoms with van der Waals surface area (Å²) in [5.41, 5.74) is 0. The van der Waals surface area contributed by atoms with Crippen LogP contribution in [-0.2, 0) is 9.47 Å². The summed E-state index contributed by atoms with van der Waals surface area (Å²) in [4.78, 5) is 6.99. The molecule has 1 unspecified atom stereocenters. The van der Waals surface area contributed by atoms with Crippen LogP contribution in [0, 0.1) is 5.92 Å². The zero-order valence-electron chi connectivity index (χ0n) is 15.7. The number of aliphatic imine (C=N–C) groups is 1. The molecule has 1 saturated heterocycles. The third kappa shape index (κ3) is 7.40. The van der Waals surface area contributed by atoms with E-state index in [-0.39, 0.29) is 0 Å². The van der Waals surface area contributed by atoms with E-state index in [2.05, 4.69) is 17.1 Å². The highest BCUT2D eigenvalue weighted by atomic mass is 35.5. The lowest BCUT2D eigenvalue weighted by Crippen LogP contribution is -2.40. The van der Waals surface area contributed by atoms with Gasteiger partial charge in [0.15, 0.2) is 5.96 Å². The number of methoxy groups -OCH3 is 1. The zero-order chi connectivity index (χ0) is 18.6. The van der Waals surface area contributed by atoms with Crippen molar-refractivity contribution in [3.8, 4) is 5.75 Å². The Hall–Kier alpha value is -1.50. The highest BCUT2D eigenvalue weighted by Gasteiger charge is 2.24. The molecule has 1 fully saturated rings. The Balaban J connectivity index is 1.74. The van der Waals surface area contributed by atoms with E-state index in [0.29, 0.717) is 37.3 Å². The van der Waals surface area contributed by atoms with Crippen LogP contribution in [0.4, 0.5) is 0 Å². The van der Waals surface area contributed by atoms with Gasteiger partial charge in [-0.15, -0.1) is 0 Å². The minimum absolute atomic E-state index is 0.536. The number of halogens is 1. The summed E-state index contributed by atoms with van der Waals surface area (Å²) in [6.07, 6.45) is 1.12. The van der Waals surface area contributed by atoms with Gasteiger partial charge in [-0.05, 0) is 37.6 Å². The lowest BCUT2D eigenvalue weighted by Gasteiger charge is -2.21. The van der Waals surface area contributed by atoms with E-state index in [9.17, 15) is 0 Å². The van der Waals surface area contributed by atoms with Crippen molar-refractivity contribution in [1.29, 1.82) is 0 Å². The van der Waals surface area contributed by atoms with Crippen molar-refractivity contribution < 1.29 is 14.2 Å². The first kappa shape index (κ1) is 20.8. The Morgan fingerprint density at radius 2 is 2.08 bits per heavy atom. The Labute approximate surface area is 161 Å². The van der Waals surface area contributed by atoms with E-state index in [1.165, 1.54) is 0 Å². The van der Waals surface area contributed by atoms with E-state index in [1.807, 2.05) is 24.3 Å². The van der Waals surface area contributed by atoms with Crippen molar-refractivity contribution in [2.45, 2.75) is 13.3 Å². The summed E-state index contributed by atoms with van der Waals surface area (Å²) in [5, 5.41) is 4.08. The fourth-order valence-electron chi connectivity index (χ4n) is 2.83. The normalized spacial score (nSPS) is 17.6. The molecule has 6 nitrogen and oxygen atoms in total. The molecule has 26 heavy (non-hydrogen) atoms. The standard InChI is InChI=1S/C19H30ClN3O3/c1-3-21-19(22-9-11-26-18-6-4-17(20)5-7-18)23-10-8-16(14-23)15-25-13-12-24-2/h4-7,16H,3,8-15H2,1-2H3,(H,21,22). The number of nitrogens with one attached hydrogen (secondary N) is 1. The second-order valence-electron chi connectivity index (χ2n) is 6.21. The van der Waals surface area contributed by atoms with Gasteiger partial charge in [-0.3, -0.25) is 0 Å². The molecule has 1 heterocycles. The summed E-state index contributed by atoms with van der Waals surface area (Å²) in [5.74, 6) is 2.30. The molecule has 1 aromatic carbocycles. The molecule has 1 atom stereocenters. The maximum absolute atomic E-state index is 5.87. The molecule has 0 bridgehead atoms. The van der Waals surface area contributed by atoms with E-state index >= 15 is 0 Å². The summed E-state index contributed by atoms with van der Waals surface area (Å²) in [6.45, 7) is 8.13. The Morgan fingerprint density at radius 1 is 1.27 bits per heavy atom. The van der Waals surface area contributed by atoms with Crippen LogP contribution in [-0.4, -0.2) is 70.6 Å². The average Bonchev–Trinajstić information content (AvgIpc) is 3.12. The van der Waals surface area contributed by atoms with Crippen LogP contribution in [0.2, 0.25) is 5.02 Å². The van der Waals surface area contributed by atoms with Gasteiger partial charge >= 0.3 is 0 Å². The number of likely N-dealkylation sites (tertiary alicyclic amines) is 1. The van der Waals surface area contributed by atoms with Crippen molar-refractivity contribution in [3.05, 3.63) is 29.3 Å². The van der Waals surface area contributed by atoms with Crippen molar-refractivity contribution >= 4 is 17.6 Å². The third-order valence-electron chi connectivity index (χ3n) is 4.14. The maximum atomic E-state index is 5.87. The van der Waals surface area contributed by atoms with Crippen LogP contribution >= 0.6 is 11.6 Å². The van der Waals surface area contributed by atoms with Crippen LogP contribution in [0.1, 0.15) is 13.3 Å². The molecule has 1 aliphatic rings. The van der Waals surface area contributed by atoms with Gasteiger partial charge in [0.25, 0.3) is 0 Å². The summed E-state index contributed by atoms with van der Waals surface area (Å²) in [7, 11) is 1.69. The van der Waals surface area contributed by atoms with Crippen molar-refractivity contribution in [2.75, 3.05) is 59.7 Å². The molecule has 0 radical (unpaired) electrons. The minimum Gasteiger partial charge on any atom is -0.492 e. The van der Waals surface area contributed by atoms with Gasteiger partial charge in [-0.2, -0.15) is 0 Å². The molecular formula is C19H30ClN3O3. The van der Waals surface area contributed by atoms with Crippen LogP contribution in [0.5, 0.6) is 5.75 Å². The van der Waals surface area contributed by atoms with Crippen LogP contribution < -0.4 is 10.1 Å². The zero-order valence-corrected chi connectivity index (χ0v) is 16.5.